The van der Waals surface area contributed by atoms with Gasteiger partial charge in [0.15, 0.2) is 0 Å². The number of aliphatic hydroxyl groups excluding tert-OH is 2. The van der Waals surface area contributed by atoms with Crippen LogP contribution in [0.1, 0.15) is 32.1 Å². The first-order valence-electron chi connectivity index (χ1n) is 7.65. The summed E-state index contributed by atoms with van der Waals surface area (Å²) in [7, 11) is 0. The molecule has 7 nitrogen and oxygen atoms in total. The van der Waals surface area contributed by atoms with Gasteiger partial charge in [-0.15, -0.1) is 0 Å². The number of hydrogen-bond acceptors (Lipinski definition) is 6. The van der Waals surface area contributed by atoms with Crippen molar-refractivity contribution in [3.63, 3.8) is 0 Å². The Morgan fingerprint density at radius 2 is 1.83 bits per heavy atom. The number of nitrogens with zero attached hydrogens (tertiary/aromatic N) is 2. The molecule has 0 spiro atoms. The van der Waals surface area contributed by atoms with Crippen molar-refractivity contribution < 1.29 is 29.0 Å². The van der Waals surface area contributed by atoms with Crippen molar-refractivity contribution in [2.24, 2.45) is 5.16 Å². The monoisotopic (exact) mass is 330 g/mol. The SMILES string of the molecule is O=C1C=CC(=O)N1CCCCCCO/N=C/[C@H](O)C[C@H](O)CF. The molecule has 0 unspecified atom stereocenters. The number of unbranched alkanes of at least 4 members (excludes halogenated alkanes) is 3. The highest BCUT2D eigenvalue weighted by Crippen LogP contribution is 2.07. The molecule has 2 amide bonds. The molecule has 0 aromatic heterocycles. The predicted octanol–water partition coefficient (Wildman–Crippen LogP) is 0.556. The van der Waals surface area contributed by atoms with E-state index in [4.69, 9.17) is 9.94 Å². The summed E-state index contributed by atoms with van der Waals surface area (Å²) in [5.41, 5.74) is 0. The third-order valence-corrected chi connectivity index (χ3v) is 3.27. The van der Waals surface area contributed by atoms with E-state index >= 15 is 0 Å². The fourth-order valence-electron chi connectivity index (χ4n) is 2.01. The first-order chi connectivity index (χ1) is 11.0. The van der Waals surface area contributed by atoms with E-state index in [1.165, 1.54) is 17.1 Å². The zero-order valence-electron chi connectivity index (χ0n) is 12.9. The maximum atomic E-state index is 12.0. The number of hydrogen-bond donors (Lipinski definition) is 2. The van der Waals surface area contributed by atoms with Gasteiger partial charge in [-0.05, 0) is 19.3 Å². The van der Waals surface area contributed by atoms with Crippen LogP contribution in [0.25, 0.3) is 0 Å². The Balaban J connectivity index is 1.95. The number of halogens is 1. The van der Waals surface area contributed by atoms with Crippen LogP contribution in [0.3, 0.4) is 0 Å². The number of alkyl halides is 1. The van der Waals surface area contributed by atoms with Crippen LogP contribution in [-0.4, -0.2) is 65.2 Å². The molecule has 0 bridgehead atoms. The number of carbonyl (C=O) groups is 2. The second kappa shape index (κ2) is 10.8. The minimum atomic E-state index is -1.19. The summed E-state index contributed by atoms with van der Waals surface area (Å²) in [5.74, 6) is -0.520. The lowest BCUT2D eigenvalue weighted by molar-refractivity contribution is -0.136. The molecule has 0 saturated heterocycles. The van der Waals surface area contributed by atoms with Gasteiger partial charge in [0.1, 0.15) is 13.3 Å². The normalized spacial score (nSPS) is 17.3. The number of carbonyl (C=O) groups excluding carboxylic acids is 2. The van der Waals surface area contributed by atoms with Gasteiger partial charge in [0, 0.05) is 25.1 Å². The summed E-state index contributed by atoms with van der Waals surface area (Å²) in [6.07, 6.45) is 4.53. The average molecular weight is 330 g/mol. The number of rotatable bonds is 12. The van der Waals surface area contributed by atoms with Gasteiger partial charge in [-0.25, -0.2) is 4.39 Å². The van der Waals surface area contributed by atoms with Crippen LogP contribution in [-0.2, 0) is 14.4 Å². The Hall–Kier alpha value is -1.80. The number of amides is 2. The van der Waals surface area contributed by atoms with Crippen LogP contribution in [0.15, 0.2) is 17.3 Å². The highest BCUT2D eigenvalue weighted by Gasteiger charge is 2.21. The van der Waals surface area contributed by atoms with Crippen molar-refractivity contribution in [3.8, 4) is 0 Å². The fourth-order valence-corrected chi connectivity index (χ4v) is 2.01. The van der Waals surface area contributed by atoms with Crippen LogP contribution < -0.4 is 0 Å². The summed E-state index contributed by atoms with van der Waals surface area (Å²) in [6.45, 7) is -0.110. The van der Waals surface area contributed by atoms with Crippen molar-refractivity contribution in [2.45, 2.75) is 44.3 Å². The summed E-state index contributed by atoms with van der Waals surface area (Å²) in [5, 5.41) is 21.9. The van der Waals surface area contributed by atoms with Crippen molar-refractivity contribution in [1.82, 2.24) is 4.90 Å². The molecule has 0 saturated carbocycles. The maximum absolute atomic E-state index is 12.0. The highest BCUT2D eigenvalue weighted by atomic mass is 19.1. The molecule has 8 heteroatoms. The van der Waals surface area contributed by atoms with Crippen molar-refractivity contribution in [1.29, 1.82) is 0 Å². The first-order valence-corrected chi connectivity index (χ1v) is 7.65. The van der Waals surface area contributed by atoms with Crippen molar-refractivity contribution in [3.05, 3.63) is 12.2 Å². The molecule has 23 heavy (non-hydrogen) atoms. The molecule has 0 fully saturated rings. The third kappa shape index (κ3) is 7.85. The number of oxime groups is 1. The molecule has 130 valence electrons. The van der Waals surface area contributed by atoms with Crippen LogP contribution in [0.2, 0.25) is 0 Å². The molecule has 0 radical (unpaired) electrons. The van der Waals surface area contributed by atoms with E-state index in [9.17, 15) is 19.1 Å². The summed E-state index contributed by atoms with van der Waals surface area (Å²) >= 11 is 0. The topological polar surface area (TPSA) is 99.4 Å². The lowest BCUT2D eigenvalue weighted by atomic mass is 10.2. The van der Waals surface area contributed by atoms with E-state index in [1.807, 2.05) is 0 Å². The Morgan fingerprint density at radius 3 is 2.48 bits per heavy atom. The van der Waals surface area contributed by atoms with E-state index in [0.717, 1.165) is 31.9 Å². The van der Waals surface area contributed by atoms with Crippen molar-refractivity contribution >= 4 is 18.0 Å². The van der Waals surface area contributed by atoms with Crippen LogP contribution in [0.4, 0.5) is 4.39 Å². The lowest BCUT2D eigenvalue weighted by Gasteiger charge is -2.12. The van der Waals surface area contributed by atoms with Gasteiger partial charge in [0.25, 0.3) is 11.8 Å². The Morgan fingerprint density at radius 1 is 1.17 bits per heavy atom. The smallest absolute Gasteiger partial charge is 0.253 e. The Bertz CT molecular complexity index is 424. The quantitative estimate of drug-likeness (QED) is 0.236. The van der Waals surface area contributed by atoms with Gasteiger partial charge in [0.05, 0.1) is 18.4 Å². The van der Waals surface area contributed by atoms with Gasteiger partial charge in [-0.1, -0.05) is 11.6 Å². The molecule has 1 rings (SSSR count). The predicted molar refractivity (Wildman–Crippen MR) is 81.4 cm³/mol. The summed E-state index contributed by atoms with van der Waals surface area (Å²) in [4.78, 5) is 28.7. The van der Waals surface area contributed by atoms with Gasteiger partial charge < -0.3 is 15.1 Å². The molecule has 0 aromatic carbocycles. The molecule has 1 aliphatic rings. The largest absolute Gasteiger partial charge is 0.396 e. The van der Waals surface area contributed by atoms with E-state index in [1.54, 1.807) is 0 Å². The van der Waals surface area contributed by atoms with Crippen LogP contribution in [0.5, 0.6) is 0 Å². The summed E-state index contributed by atoms with van der Waals surface area (Å²) < 4.78 is 12.0. The molecule has 2 atom stereocenters. The first kappa shape index (κ1) is 19.2. The maximum Gasteiger partial charge on any atom is 0.253 e. The molecule has 2 N–H and O–H groups in total. The van der Waals surface area contributed by atoms with E-state index in [0.29, 0.717) is 13.2 Å². The van der Waals surface area contributed by atoms with Gasteiger partial charge in [-0.3, -0.25) is 14.5 Å². The van der Waals surface area contributed by atoms with E-state index < -0.39 is 18.9 Å². The minimum Gasteiger partial charge on any atom is -0.396 e. The van der Waals surface area contributed by atoms with Gasteiger partial charge in [0.2, 0.25) is 0 Å². The second-order valence-electron chi connectivity index (χ2n) is 5.27. The zero-order valence-corrected chi connectivity index (χ0v) is 12.9. The Labute approximate surface area is 134 Å². The fraction of sp³-hybridized carbons (Fsp3) is 0.667. The van der Waals surface area contributed by atoms with Crippen molar-refractivity contribution in [2.75, 3.05) is 19.8 Å². The average Bonchev–Trinajstić information content (AvgIpc) is 2.84. The van der Waals surface area contributed by atoms with E-state index in [-0.39, 0.29) is 18.2 Å². The van der Waals surface area contributed by atoms with Gasteiger partial charge in [-0.2, -0.15) is 0 Å². The number of imide groups is 1. The van der Waals surface area contributed by atoms with E-state index in [2.05, 4.69) is 5.16 Å². The molecular formula is C15H23FN2O5. The van der Waals surface area contributed by atoms with Crippen LogP contribution in [0, 0.1) is 0 Å². The second-order valence-corrected chi connectivity index (χ2v) is 5.27. The zero-order chi connectivity index (χ0) is 17.1. The standard InChI is InChI=1S/C15H23FN2O5/c16-10-12(19)9-13(20)11-17-23-8-4-2-1-3-7-18-14(21)5-6-15(18)22/h5-6,11-13,19-20H,1-4,7-10H2/b17-11+/t12-,13+/m0/s1. The molecule has 1 heterocycles. The van der Waals surface area contributed by atoms with Gasteiger partial charge >= 0.3 is 0 Å². The molecular weight excluding hydrogens is 307 g/mol. The highest BCUT2D eigenvalue weighted by molar-refractivity contribution is 6.12. The Kier molecular flexibility index (Phi) is 9.08. The summed E-state index contributed by atoms with van der Waals surface area (Å²) in [6, 6.07) is 0. The number of aliphatic hydroxyl groups is 2. The minimum absolute atomic E-state index is 0.119. The third-order valence-electron chi connectivity index (χ3n) is 3.27. The van der Waals surface area contributed by atoms with Crippen LogP contribution >= 0.6 is 0 Å². The molecule has 0 aliphatic carbocycles. The molecule has 1 aliphatic heterocycles. The lowest BCUT2D eigenvalue weighted by Crippen LogP contribution is -2.30. The molecule has 0 aromatic rings.